The molecule has 1 aromatic carbocycles. The van der Waals surface area contributed by atoms with Crippen molar-refractivity contribution in [1.29, 1.82) is 0 Å². The van der Waals surface area contributed by atoms with Crippen LogP contribution in [0.5, 0.6) is 0 Å². The van der Waals surface area contributed by atoms with E-state index >= 15 is 0 Å². The monoisotopic (exact) mass is 269 g/mol. The van der Waals surface area contributed by atoms with Gasteiger partial charge in [0, 0.05) is 12.0 Å². The zero-order valence-corrected chi connectivity index (χ0v) is 11.4. The fraction of sp³-hybridized carbons (Fsp3) is 0.500. The standard InChI is InChI=1S/C16H19N3O/c20-16(11-5-1-2-6-11)9-14-12-7-3-4-8-13(12)15-10-17-18-19(14)15/h3-4,7-8,10-11,14,16,20H,1-2,5-6,9H2. The molecule has 4 heteroatoms. The highest BCUT2D eigenvalue weighted by Crippen LogP contribution is 2.42. The van der Waals surface area contributed by atoms with Crippen LogP contribution in [0, 0.1) is 5.92 Å². The third-order valence-electron chi connectivity index (χ3n) is 4.87. The molecule has 4 rings (SSSR count). The fourth-order valence-corrected chi connectivity index (χ4v) is 3.81. The average molecular weight is 269 g/mol. The summed E-state index contributed by atoms with van der Waals surface area (Å²) in [5.41, 5.74) is 3.56. The van der Waals surface area contributed by atoms with Crippen molar-refractivity contribution in [3.8, 4) is 11.3 Å². The number of benzene rings is 1. The lowest BCUT2D eigenvalue weighted by Crippen LogP contribution is -2.23. The zero-order valence-electron chi connectivity index (χ0n) is 11.4. The van der Waals surface area contributed by atoms with E-state index < -0.39 is 0 Å². The van der Waals surface area contributed by atoms with Gasteiger partial charge in [-0.1, -0.05) is 42.3 Å². The summed E-state index contributed by atoms with van der Waals surface area (Å²) < 4.78 is 1.98. The maximum absolute atomic E-state index is 10.5. The minimum atomic E-state index is -0.231. The Hall–Kier alpha value is -1.68. The van der Waals surface area contributed by atoms with Crippen molar-refractivity contribution >= 4 is 0 Å². The van der Waals surface area contributed by atoms with Crippen LogP contribution >= 0.6 is 0 Å². The molecule has 1 aliphatic carbocycles. The first-order valence-corrected chi connectivity index (χ1v) is 7.52. The van der Waals surface area contributed by atoms with E-state index in [9.17, 15) is 5.11 Å². The second-order valence-corrected chi connectivity index (χ2v) is 6.01. The van der Waals surface area contributed by atoms with Crippen LogP contribution in [0.15, 0.2) is 30.5 Å². The Morgan fingerprint density at radius 1 is 1.25 bits per heavy atom. The van der Waals surface area contributed by atoms with E-state index in [1.165, 1.54) is 36.8 Å². The van der Waals surface area contributed by atoms with E-state index in [4.69, 9.17) is 0 Å². The van der Waals surface area contributed by atoms with Crippen LogP contribution in [0.4, 0.5) is 0 Å². The van der Waals surface area contributed by atoms with E-state index in [0.717, 1.165) is 12.1 Å². The molecule has 1 aliphatic heterocycles. The number of hydrogen-bond donors (Lipinski definition) is 1. The molecule has 4 nitrogen and oxygen atoms in total. The molecular weight excluding hydrogens is 250 g/mol. The first-order valence-electron chi connectivity index (χ1n) is 7.52. The Morgan fingerprint density at radius 3 is 2.90 bits per heavy atom. The highest BCUT2D eigenvalue weighted by atomic mass is 16.3. The second-order valence-electron chi connectivity index (χ2n) is 6.01. The van der Waals surface area contributed by atoms with Crippen molar-refractivity contribution in [2.24, 2.45) is 5.92 Å². The number of hydrogen-bond acceptors (Lipinski definition) is 3. The van der Waals surface area contributed by atoms with Crippen molar-refractivity contribution in [1.82, 2.24) is 15.0 Å². The molecule has 104 valence electrons. The van der Waals surface area contributed by atoms with Gasteiger partial charge in [0.05, 0.1) is 24.0 Å². The van der Waals surface area contributed by atoms with Gasteiger partial charge >= 0.3 is 0 Å². The Balaban J connectivity index is 1.65. The minimum absolute atomic E-state index is 0.138. The van der Waals surface area contributed by atoms with Gasteiger partial charge < -0.3 is 5.11 Å². The van der Waals surface area contributed by atoms with Crippen LogP contribution in [0.1, 0.15) is 43.7 Å². The lowest BCUT2D eigenvalue weighted by Gasteiger charge is -2.22. The van der Waals surface area contributed by atoms with Crippen LogP contribution in [0.2, 0.25) is 0 Å². The maximum Gasteiger partial charge on any atom is 0.0896 e. The average Bonchev–Trinajstić information content (AvgIpc) is 3.17. The normalized spacial score (nSPS) is 22.8. The molecule has 0 amide bonds. The van der Waals surface area contributed by atoms with Crippen LogP contribution in [-0.2, 0) is 0 Å². The molecule has 2 atom stereocenters. The van der Waals surface area contributed by atoms with Gasteiger partial charge in [-0.2, -0.15) is 0 Å². The van der Waals surface area contributed by atoms with Gasteiger partial charge in [0.15, 0.2) is 0 Å². The third kappa shape index (κ3) is 1.79. The first-order chi connectivity index (χ1) is 9.84. The Morgan fingerprint density at radius 2 is 2.05 bits per heavy atom. The molecule has 1 saturated carbocycles. The van der Waals surface area contributed by atoms with E-state index in [2.05, 4.69) is 28.5 Å². The van der Waals surface area contributed by atoms with Gasteiger partial charge in [-0.15, -0.1) is 5.10 Å². The fourth-order valence-electron chi connectivity index (χ4n) is 3.81. The van der Waals surface area contributed by atoms with Gasteiger partial charge in [-0.05, 0) is 24.3 Å². The van der Waals surface area contributed by atoms with Crippen LogP contribution < -0.4 is 0 Å². The topological polar surface area (TPSA) is 50.9 Å². The molecule has 0 saturated heterocycles. The summed E-state index contributed by atoms with van der Waals surface area (Å²) in [6.07, 6.45) is 7.19. The van der Waals surface area contributed by atoms with Crippen molar-refractivity contribution in [3.63, 3.8) is 0 Å². The summed E-state index contributed by atoms with van der Waals surface area (Å²) in [6, 6.07) is 8.52. The molecule has 2 aromatic rings. The number of rotatable bonds is 3. The van der Waals surface area contributed by atoms with E-state index in [-0.39, 0.29) is 12.1 Å². The minimum Gasteiger partial charge on any atom is -0.393 e. The van der Waals surface area contributed by atoms with Gasteiger partial charge in [0.1, 0.15) is 0 Å². The van der Waals surface area contributed by atoms with Gasteiger partial charge in [-0.25, -0.2) is 4.68 Å². The molecule has 1 aromatic heterocycles. The SMILES string of the molecule is OC(CC1c2ccccc2-c2cnnn21)C1CCCC1. The van der Waals surface area contributed by atoms with Crippen LogP contribution in [0.25, 0.3) is 11.3 Å². The van der Waals surface area contributed by atoms with E-state index in [0.29, 0.717) is 5.92 Å². The summed E-state index contributed by atoms with van der Waals surface area (Å²) in [5.74, 6) is 0.467. The summed E-state index contributed by atoms with van der Waals surface area (Å²) in [6.45, 7) is 0. The predicted molar refractivity (Wildman–Crippen MR) is 76.2 cm³/mol. The van der Waals surface area contributed by atoms with E-state index in [1.54, 1.807) is 0 Å². The Bertz CT molecular complexity index is 616. The molecular formula is C16H19N3O. The first kappa shape index (κ1) is 12.1. The van der Waals surface area contributed by atoms with Gasteiger partial charge in [0.2, 0.25) is 0 Å². The van der Waals surface area contributed by atoms with Crippen LogP contribution in [-0.4, -0.2) is 26.2 Å². The lowest BCUT2D eigenvalue weighted by molar-refractivity contribution is 0.0901. The predicted octanol–water partition coefficient (Wildman–Crippen LogP) is 2.79. The van der Waals surface area contributed by atoms with Crippen LogP contribution in [0.3, 0.4) is 0 Å². The summed E-state index contributed by atoms with van der Waals surface area (Å²) in [7, 11) is 0. The molecule has 0 radical (unpaired) electrons. The summed E-state index contributed by atoms with van der Waals surface area (Å²) in [4.78, 5) is 0. The van der Waals surface area contributed by atoms with Gasteiger partial charge in [0.25, 0.3) is 0 Å². The largest absolute Gasteiger partial charge is 0.393 e. The molecule has 0 spiro atoms. The number of aromatic nitrogens is 3. The quantitative estimate of drug-likeness (QED) is 0.932. The number of nitrogens with zero attached hydrogens (tertiary/aromatic N) is 3. The van der Waals surface area contributed by atoms with Crippen molar-refractivity contribution < 1.29 is 5.11 Å². The third-order valence-corrected chi connectivity index (χ3v) is 4.87. The molecule has 1 N–H and O–H groups in total. The molecule has 20 heavy (non-hydrogen) atoms. The lowest BCUT2D eigenvalue weighted by atomic mass is 9.92. The highest BCUT2D eigenvalue weighted by Gasteiger charge is 2.33. The summed E-state index contributed by atoms with van der Waals surface area (Å²) in [5, 5.41) is 18.8. The smallest absolute Gasteiger partial charge is 0.0896 e. The molecule has 0 bridgehead atoms. The van der Waals surface area contributed by atoms with Crippen molar-refractivity contribution in [3.05, 3.63) is 36.0 Å². The van der Waals surface area contributed by atoms with Crippen molar-refractivity contribution in [2.45, 2.75) is 44.2 Å². The molecule has 2 aliphatic rings. The Labute approximate surface area is 118 Å². The van der Waals surface area contributed by atoms with Gasteiger partial charge in [-0.3, -0.25) is 0 Å². The molecule has 2 heterocycles. The number of aliphatic hydroxyl groups is 1. The highest BCUT2D eigenvalue weighted by molar-refractivity contribution is 5.68. The Kier molecular flexibility index (Phi) is 2.84. The number of fused-ring (bicyclic) bond motifs is 3. The van der Waals surface area contributed by atoms with Crippen molar-refractivity contribution in [2.75, 3.05) is 0 Å². The molecule has 2 unspecified atom stereocenters. The maximum atomic E-state index is 10.5. The second kappa shape index (κ2) is 4.70. The number of aliphatic hydroxyl groups excluding tert-OH is 1. The molecule has 1 fully saturated rings. The van der Waals surface area contributed by atoms with E-state index in [1.807, 2.05) is 16.9 Å². The zero-order chi connectivity index (χ0) is 13.5. The summed E-state index contributed by atoms with van der Waals surface area (Å²) >= 11 is 0.